The van der Waals surface area contributed by atoms with Gasteiger partial charge in [-0.2, -0.15) is 0 Å². The van der Waals surface area contributed by atoms with Crippen LogP contribution in [-0.4, -0.2) is 27.4 Å². The molecule has 7 heteroatoms. The number of aromatic nitrogens is 2. The van der Waals surface area contributed by atoms with Gasteiger partial charge in [-0.1, -0.05) is 34.1 Å². The fourth-order valence-corrected chi connectivity index (χ4v) is 3.56. The van der Waals surface area contributed by atoms with Crippen molar-refractivity contribution >= 4 is 43.4 Å². The van der Waals surface area contributed by atoms with Crippen LogP contribution in [0.1, 0.15) is 12.0 Å². The van der Waals surface area contributed by atoms with Gasteiger partial charge in [0.2, 0.25) is 5.91 Å². The largest absolute Gasteiger partial charge is 0.341 e. The summed E-state index contributed by atoms with van der Waals surface area (Å²) in [6.45, 7) is 0.855. The van der Waals surface area contributed by atoms with Gasteiger partial charge in [0.05, 0.1) is 11.7 Å². The molecule has 0 unspecified atom stereocenters. The second-order valence-electron chi connectivity index (χ2n) is 5.47. The van der Waals surface area contributed by atoms with E-state index in [0.29, 0.717) is 18.5 Å². The van der Waals surface area contributed by atoms with Gasteiger partial charge in [0.15, 0.2) is 0 Å². The molecular formula is C17H16BrN3O2S. The van der Waals surface area contributed by atoms with E-state index in [4.69, 9.17) is 0 Å². The molecule has 0 N–H and O–H groups in total. The number of thiophene rings is 1. The third-order valence-corrected chi connectivity index (χ3v) is 5.40. The quantitative estimate of drug-likeness (QED) is 0.654. The minimum Gasteiger partial charge on any atom is -0.341 e. The van der Waals surface area contributed by atoms with Crippen molar-refractivity contribution in [3.63, 3.8) is 0 Å². The number of carbonyl (C=O) groups excluding carboxylic acids is 1. The van der Waals surface area contributed by atoms with Crippen LogP contribution in [0.4, 0.5) is 0 Å². The first kappa shape index (κ1) is 16.9. The van der Waals surface area contributed by atoms with Gasteiger partial charge in [0.25, 0.3) is 5.56 Å². The van der Waals surface area contributed by atoms with Crippen molar-refractivity contribution < 1.29 is 4.79 Å². The van der Waals surface area contributed by atoms with Gasteiger partial charge in [-0.15, -0.1) is 11.3 Å². The monoisotopic (exact) mass is 405 g/mol. The number of rotatable bonds is 5. The summed E-state index contributed by atoms with van der Waals surface area (Å²) in [7, 11) is 1.77. The topological polar surface area (TPSA) is 55.2 Å². The van der Waals surface area contributed by atoms with Crippen LogP contribution in [0.2, 0.25) is 0 Å². The van der Waals surface area contributed by atoms with Crippen molar-refractivity contribution in [1.29, 1.82) is 0 Å². The van der Waals surface area contributed by atoms with Crippen molar-refractivity contribution in [2.45, 2.75) is 19.5 Å². The van der Waals surface area contributed by atoms with Gasteiger partial charge >= 0.3 is 0 Å². The summed E-state index contributed by atoms with van der Waals surface area (Å²) in [6, 6.07) is 9.59. The van der Waals surface area contributed by atoms with Crippen LogP contribution in [0.15, 0.2) is 51.3 Å². The summed E-state index contributed by atoms with van der Waals surface area (Å²) < 4.78 is 2.48. The van der Waals surface area contributed by atoms with E-state index >= 15 is 0 Å². The molecule has 1 amide bonds. The molecule has 0 saturated heterocycles. The molecule has 2 aromatic heterocycles. The van der Waals surface area contributed by atoms with Crippen molar-refractivity contribution in [3.05, 3.63) is 62.4 Å². The third kappa shape index (κ3) is 3.57. The smallest absolute Gasteiger partial charge is 0.262 e. The summed E-state index contributed by atoms with van der Waals surface area (Å²) in [4.78, 5) is 31.3. The maximum atomic E-state index is 12.3. The molecular weight excluding hydrogens is 390 g/mol. The van der Waals surface area contributed by atoms with Gasteiger partial charge in [-0.25, -0.2) is 4.98 Å². The van der Waals surface area contributed by atoms with Gasteiger partial charge < -0.3 is 4.90 Å². The second kappa shape index (κ2) is 7.27. The van der Waals surface area contributed by atoms with Crippen molar-refractivity contribution in [1.82, 2.24) is 14.5 Å². The molecule has 0 atom stereocenters. The summed E-state index contributed by atoms with van der Waals surface area (Å²) in [5.41, 5.74) is 0.953. The van der Waals surface area contributed by atoms with Crippen LogP contribution in [0.25, 0.3) is 10.2 Å². The van der Waals surface area contributed by atoms with E-state index < -0.39 is 0 Å². The van der Waals surface area contributed by atoms with Crippen molar-refractivity contribution in [2.24, 2.45) is 0 Å². The predicted octanol–water partition coefficient (Wildman–Crippen LogP) is 3.27. The highest BCUT2D eigenvalue weighted by Gasteiger charge is 2.12. The lowest BCUT2D eigenvalue weighted by atomic mass is 10.2. The highest BCUT2D eigenvalue weighted by Crippen LogP contribution is 2.17. The van der Waals surface area contributed by atoms with Crippen molar-refractivity contribution in [3.8, 4) is 0 Å². The highest BCUT2D eigenvalue weighted by atomic mass is 79.9. The molecule has 0 aliphatic carbocycles. The fraction of sp³-hybridized carbons (Fsp3) is 0.235. The lowest BCUT2D eigenvalue weighted by molar-refractivity contribution is -0.130. The number of halogens is 1. The molecule has 0 aliphatic heterocycles. The van der Waals surface area contributed by atoms with E-state index in [2.05, 4.69) is 20.9 Å². The first-order valence-electron chi connectivity index (χ1n) is 7.46. The maximum Gasteiger partial charge on any atom is 0.262 e. The summed E-state index contributed by atoms with van der Waals surface area (Å²) >= 11 is 4.93. The number of hydrogen-bond donors (Lipinski definition) is 0. The Bertz CT molecular complexity index is 935. The van der Waals surface area contributed by atoms with Crippen LogP contribution >= 0.6 is 27.3 Å². The molecule has 124 valence electrons. The molecule has 2 heterocycles. The zero-order valence-electron chi connectivity index (χ0n) is 13.1. The Morgan fingerprint density at radius 2 is 2.12 bits per heavy atom. The number of amides is 1. The van der Waals surface area contributed by atoms with Gasteiger partial charge in [-0.3, -0.25) is 14.2 Å². The Labute approximate surface area is 151 Å². The fourth-order valence-electron chi connectivity index (χ4n) is 2.43. The van der Waals surface area contributed by atoms with Crippen molar-refractivity contribution in [2.75, 3.05) is 7.05 Å². The number of aryl methyl sites for hydroxylation is 1. The summed E-state index contributed by atoms with van der Waals surface area (Å²) in [6.07, 6.45) is 1.78. The Kier molecular flexibility index (Phi) is 5.11. The van der Waals surface area contributed by atoms with E-state index in [-0.39, 0.29) is 17.9 Å². The lowest BCUT2D eigenvalue weighted by Crippen LogP contribution is -2.29. The minimum atomic E-state index is -0.0949. The SMILES string of the molecule is CN(Cc1ccccc1Br)C(=O)CCn1cnc2sccc2c1=O. The first-order chi connectivity index (χ1) is 11.6. The molecule has 0 spiro atoms. The molecule has 0 bridgehead atoms. The zero-order valence-corrected chi connectivity index (χ0v) is 15.5. The second-order valence-corrected chi connectivity index (χ2v) is 7.22. The minimum absolute atomic E-state index is 0.0110. The molecule has 0 fully saturated rings. The van der Waals surface area contributed by atoms with E-state index in [1.807, 2.05) is 29.6 Å². The molecule has 0 saturated carbocycles. The van der Waals surface area contributed by atoms with Crippen LogP contribution < -0.4 is 5.56 Å². The number of nitrogens with zero attached hydrogens (tertiary/aromatic N) is 3. The summed E-state index contributed by atoms with van der Waals surface area (Å²) in [5, 5.41) is 2.46. The highest BCUT2D eigenvalue weighted by molar-refractivity contribution is 9.10. The molecule has 0 radical (unpaired) electrons. The molecule has 24 heavy (non-hydrogen) atoms. The number of fused-ring (bicyclic) bond motifs is 1. The van der Waals surface area contributed by atoms with E-state index in [9.17, 15) is 9.59 Å². The number of benzene rings is 1. The lowest BCUT2D eigenvalue weighted by Gasteiger charge is -2.18. The Morgan fingerprint density at radius 3 is 2.92 bits per heavy atom. The molecule has 1 aromatic carbocycles. The van der Waals surface area contributed by atoms with Crippen LogP contribution in [0.5, 0.6) is 0 Å². The normalized spacial score (nSPS) is 10.9. The average molecular weight is 406 g/mol. The summed E-state index contributed by atoms with van der Waals surface area (Å²) in [5.74, 6) is -0.0110. The van der Waals surface area contributed by atoms with Gasteiger partial charge in [-0.05, 0) is 23.1 Å². The Hall–Kier alpha value is -1.99. The third-order valence-electron chi connectivity index (χ3n) is 3.81. The predicted molar refractivity (Wildman–Crippen MR) is 99.1 cm³/mol. The standard InChI is InChI=1S/C17H16BrN3O2S/c1-20(10-12-4-2-3-5-14(12)18)15(22)6-8-21-11-19-16-13(17(21)23)7-9-24-16/h2-5,7,9,11H,6,8,10H2,1H3. The molecule has 3 aromatic rings. The molecule has 5 nitrogen and oxygen atoms in total. The average Bonchev–Trinajstić information content (AvgIpc) is 3.05. The zero-order chi connectivity index (χ0) is 17.1. The van der Waals surface area contributed by atoms with Gasteiger partial charge in [0, 0.05) is 31.0 Å². The van der Waals surface area contributed by atoms with E-state index in [1.165, 1.54) is 22.2 Å². The Balaban J connectivity index is 1.65. The van der Waals surface area contributed by atoms with Gasteiger partial charge in [0.1, 0.15) is 4.83 Å². The van der Waals surface area contributed by atoms with Crippen LogP contribution in [-0.2, 0) is 17.9 Å². The first-order valence-corrected chi connectivity index (χ1v) is 9.13. The number of hydrogen-bond acceptors (Lipinski definition) is 4. The maximum absolute atomic E-state index is 12.3. The van der Waals surface area contributed by atoms with Crippen LogP contribution in [0.3, 0.4) is 0 Å². The molecule has 3 rings (SSSR count). The number of carbonyl (C=O) groups is 1. The molecule has 0 aliphatic rings. The van der Waals surface area contributed by atoms with E-state index in [0.717, 1.165) is 14.9 Å². The van der Waals surface area contributed by atoms with Crippen LogP contribution in [0, 0.1) is 0 Å². The Morgan fingerprint density at radius 1 is 1.33 bits per heavy atom. The van der Waals surface area contributed by atoms with E-state index in [1.54, 1.807) is 18.0 Å².